The molecule has 0 spiro atoms. The Hall–Kier alpha value is -1.49. The Morgan fingerprint density at radius 1 is 1.47 bits per heavy atom. The van der Waals surface area contributed by atoms with Crippen LogP contribution in [-0.2, 0) is 4.79 Å². The summed E-state index contributed by atoms with van der Waals surface area (Å²) in [4.78, 5) is 20.2. The van der Waals surface area contributed by atoms with Gasteiger partial charge in [0.2, 0.25) is 12.4 Å². The molecule has 0 radical (unpaired) electrons. The Labute approximate surface area is 95.1 Å². The van der Waals surface area contributed by atoms with Gasteiger partial charge in [-0.1, -0.05) is 22.0 Å². The monoisotopic (exact) mass is 265 g/mol. The van der Waals surface area contributed by atoms with Crippen molar-refractivity contribution in [1.29, 1.82) is 0 Å². The number of amides is 1. The Morgan fingerprint density at radius 3 is 3.00 bits per heavy atom. The highest BCUT2D eigenvalue weighted by Gasteiger charge is 2.04. The van der Waals surface area contributed by atoms with Gasteiger partial charge in [-0.15, -0.1) is 0 Å². The maximum Gasteiger partial charge on any atom is 0.232 e. The van der Waals surface area contributed by atoms with Crippen molar-refractivity contribution in [3.05, 3.63) is 28.9 Å². The lowest BCUT2D eigenvalue weighted by Gasteiger charge is -2.08. The number of carbonyl (C=O) groups excluding carboxylic acids is 1. The summed E-state index contributed by atoms with van der Waals surface area (Å²) in [5, 5.41) is 0.946. The first-order valence-corrected chi connectivity index (χ1v) is 5.10. The first-order valence-electron chi connectivity index (χ1n) is 4.31. The second-order valence-corrected chi connectivity index (χ2v) is 4.01. The molecule has 2 rings (SSSR count). The fourth-order valence-corrected chi connectivity index (χ4v) is 1.55. The van der Waals surface area contributed by atoms with Crippen LogP contribution >= 0.6 is 15.9 Å². The quantitative estimate of drug-likeness (QED) is 0.781. The number of fused-ring (bicyclic) bond motifs is 1. The summed E-state index contributed by atoms with van der Waals surface area (Å²) < 4.78 is 0.952. The van der Waals surface area contributed by atoms with Gasteiger partial charge in [0.1, 0.15) is 0 Å². The average molecular weight is 266 g/mol. The van der Waals surface area contributed by atoms with Gasteiger partial charge in [-0.2, -0.15) is 0 Å². The predicted molar refractivity (Wildman–Crippen MR) is 61.7 cm³/mol. The summed E-state index contributed by atoms with van der Waals surface area (Å²) in [6, 6.07) is 5.73. The summed E-state index contributed by atoms with van der Waals surface area (Å²) in [5.74, 6) is 0.399. The number of hydrogen-bond donors (Lipinski definition) is 0. The summed E-state index contributed by atoms with van der Waals surface area (Å²) in [6.45, 7) is 0. The molecule has 0 N–H and O–H groups in total. The van der Waals surface area contributed by atoms with Crippen molar-refractivity contribution in [2.24, 2.45) is 0 Å². The molecule has 0 unspecified atom stereocenters. The summed E-state index contributed by atoms with van der Waals surface area (Å²) >= 11 is 3.37. The minimum Gasteiger partial charge on any atom is -0.286 e. The highest BCUT2D eigenvalue weighted by molar-refractivity contribution is 9.10. The van der Waals surface area contributed by atoms with Crippen molar-refractivity contribution in [3.8, 4) is 0 Å². The topological polar surface area (TPSA) is 46.1 Å². The molecule has 0 saturated heterocycles. The molecule has 0 fully saturated rings. The van der Waals surface area contributed by atoms with Gasteiger partial charge in [0.15, 0.2) is 0 Å². The minimum atomic E-state index is 0.399. The van der Waals surface area contributed by atoms with Crippen molar-refractivity contribution < 1.29 is 4.79 Å². The van der Waals surface area contributed by atoms with Crippen LogP contribution in [0.1, 0.15) is 0 Å². The molecular weight excluding hydrogens is 258 g/mol. The van der Waals surface area contributed by atoms with Crippen molar-refractivity contribution >= 4 is 39.2 Å². The maximum atomic E-state index is 10.5. The number of carbonyl (C=O) groups is 1. The van der Waals surface area contributed by atoms with Crippen molar-refractivity contribution in [1.82, 2.24) is 9.97 Å². The fraction of sp³-hybridized carbons (Fsp3) is 0.100. The zero-order chi connectivity index (χ0) is 10.8. The van der Waals surface area contributed by atoms with Crippen molar-refractivity contribution in [3.63, 3.8) is 0 Å². The number of anilines is 1. The van der Waals surface area contributed by atoms with Crippen molar-refractivity contribution in [2.75, 3.05) is 11.9 Å². The van der Waals surface area contributed by atoms with E-state index in [-0.39, 0.29) is 0 Å². The smallest absolute Gasteiger partial charge is 0.232 e. The molecule has 1 aromatic carbocycles. The van der Waals surface area contributed by atoms with E-state index < -0.39 is 0 Å². The first-order chi connectivity index (χ1) is 7.20. The average Bonchev–Trinajstić information content (AvgIpc) is 2.27. The largest absolute Gasteiger partial charge is 0.286 e. The van der Waals surface area contributed by atoms with Crippen LogP contribution in [0.5, 0.6) is 0 Å². The lowest BCUT2D eigenvalue weighted by molar-refractivity contribution is -0.107. The van der Waals surface area contributed by atoms with E-state index in [0.29, 0.717) is 12.4 Å². The van der Waals surface area contributed by atoms with E-state index in [2.05, 4.69) is 25.9 Å². The van der Waals surface area contributed by atoms with Crippen LogP contribution in [0.2, 0.25) is 0 Å². The highest BCUT2D eigenvalue weighted by Crippen LogP contribution is 2.18. The zero-order valence-corrected chi connectivity index (χ0v) is 9.60. The molecule has 5 heteroatoms. The number of halogens is 1. The van der Waals surface area contributed by atoms with Crippen LogP contribution in [0.25, 0.3) is 10.9 Å². The van der Waals surface area contributed by atoms with E-state index in [1.807, 2.05) is 18.2 Å². The standard InChI is InChI=1S/C10H8BrN3O/c1-14(6-15)10-12-5-7-2-3-8(11)4-9(7)13-10/h2-6H,1H3. The van der Waals surface area contributed by atoms with Crippen LogP contribution in [-0.4, -0.2) is 23.4 Å². The van der Waals surface area contributed by atoms with Gasteiger partial charge in [0.25, 0.3) is 0 Å². The molecule has 0 aliphatic carbocycles. The van der Waals surface area contributed by atoms with Gasteiger partial charge in [0, 0.05) is 23.1 Å². The predicted octanol–water partition coefficient (Wildman–Crippen LogP) is 1.98. The fourth-order valence-electron chi connectivity index (χ4n) is 1.20. The number of rotatable bonds is 2. The normalized spacial score (nSPS) is 10.3. The third kappa shape index (κ3) is 1.97. The Morgan fingerprint density at radius 2 is 2.27 bits per heavy atom. The maximum absolute atomic E-state index is 10.5. The summed E-state index contributed by atoms with van der Waals surface area (Å²) in [6.07, 6.45) is 2.38. The molecule has 1 heterocycles. The van der Waals surface area contributed by atoms with E-state index >= 15 is 0 Å². The molecule has 2 aromatic rings. The molecule has 76 valence electrons. The SMILES string of the molecule is CN(C=O)c1ncc2ccc(Br)cc2n1. The van der Waals surface area contributed by atoms with E-state index in [9.17, 15) is 4.79 Å². The van der Waals surface area contributed by atoms with Gasteiger partial charge < -0.3 is 0 Å². The van der Waals surface area contributed by atoms with E-state index in [4.69, 9.17) is 0 Å². The van der Waals surface area contributed by atoms with Crippen LogP contribution in [0.15, 0.2) is 28.9 Å². The molecule has 0 bridgehead atoms. The lowest BCUT2D eigenvalue weighted by atomic mass is 10.2. The van der Waals surface area contributed by atoms with Crippen LogP contribution in [0.4, 0.5) is 5.95 Å². The molecule has 1 amide bonds. The van der Waals surface area contributed by atoms with Gasteiger partial charge in [-0.25, -0.2) is 9.97 Å². The second kappa shape index (κ2) is 3.94. The molecule has 0 saturated carbocycles. The van der Waals surface area contributed by atoms with E-state index in [1.165, 1.54) is 4.90 Å². The Balaban J connectivity index is 2.58. The van der Waals surface area contributed by atoms with Gasteiger partial charge in [-0.05, 0) is 12.1 Å². The van der Waals surface area contributed by atoms with Crippen molar-refractivity contribution in [2.45, 2.75) is 0 Å². The zero-order valence-electron chi connectivity index (χ0n) is 8.01. The summed E-state index contributed by atoms with van der Waals surface area (Å²) in [5.41, 5.74) is 0.808. The molecule has 0 aliphatic rings. The van der Waals surface area contributed by atoms with Crippen LogP contribution in [0, 0.1) is 0 Å². The number of benzene rings is 1. The van der Waals surface area contributed by atoms with Gasteiger partial charge >= 0.3 is 0 Å². The minimum absolute atomic E-state index is 0.399. The van der Waals surface area contributed by atoms with E-state index in [0.717, 1.165) is 15.4 Å². The number of hydrogen-bond acceptors (Lipinski definition) is 3. The van der Waals surface area contributed by atoms with E-state index in [1.54, 1.807) is 13.2 Å². The molecule has 15 heavy (non-hydrogen) atoms. The third-order valence-corrected chi connectivity index (χ3v) is 2.50. The van der Waals surface area contributed by atoms with Gasteiger partial charge in [0.05, 0.1) is 5.52 Å². The number of aromatic nitrogens is 2. The summed E-state index contributed by atoms with van der Waals surface area (Å²) in [7, 11) is 1.62. The molecule has 4 nitrogen and oxygen atoms in total. The molecular formula is C10H8BrN3O. The second-order valence-electron chi connectivity index (χ2n) is 3.09. The molecule has 0 aliphatic heterocycles. The van der Waals surface area contributed by atoms with Crippen LogP contribution in [0.3, 0.4) is 0 Å². The number of nitrogens with zero attached hydrogens (tertiary/aromatic N) is 3. The highest BCUT2D eigenvalue weighted by atomic mass is 79.9. The molecule has 0 atom stereocenters. The van der Waals surface area contributed by atoms with Crippen LogP contribution < -0.4 is 4.90 Å². The van der Waals surface area contributed by atoms with Gasteiger partial charge in [-0.3, -0.25) is 9.69 Å². The Bertz CT molecular complexity index is 515. The Kier molecular flexibility index (Phi) is 2.64. The lowest BCUT2D eigenvalue weighted by Crippen LogP contribution is -2.16. The third-order valence-electron chi connectivity index (χ3n) is 2.01. The molecule has 1 aromatic heterocycles. The first kappa shape index (κ1) is 10.0.